The van der Waals surface area contributed by atoms with Crippen LogP contribution in [-0.4, -0.2) is 29.6 Å². The lowest BCUT2D eigenvalue weighted by Gasteiger charge is -2.07. The van der Waals surface area contributed by atoms with E-state index < -0.39 is 5.97 Å². The molecular formula is C10H15N3O2. The van der Waals surface area contributed by atoms with Crippen LogP contribution < -0.4 is 5.32 Å². The number of hydrogen-bond donors (Lipinski definition) is 1. The van der Waals surface area contributed by atoms with Crippen LogP contribution in [0.3, 0.4) is 0 Å². The molecule has 0 spiro atoms. The molecule has 82 valence electrons. The molecule has 0 saturated heterocycles. The molecule has 0 aliphatic carbocycles. The Kier molecular flexibility index (Phi) is 4.03. The Morgan fingerprint density at radius 3 is 2.87 bits per heavy atom. The van der Waals surface area contributed by atoms with E-state index in [1.54, 1.807) is 6.20 Å². The second-order valence-electron chi connectivity index (χ2n) is 3.56. The minimum absolute atomic E-state index is 0.214. The number of carbonyl (C=O) groups is 1. The summed E-state index contributed by atoms with van der Waals surface area (Å²) in [7, 11) is 1.32. The van der Waals surface area contributed by atoms with E-state index in [0.29, 0.717) is 11.7 Å². The van der Waals surface area contributed by atoms with Crippen molar-refractivity contribution in [2.45, 2.75) is 13.8 Å². The summed E-state index contributed by atoms with van der Waals surface area (Å²) < 4.78 is 4.55. The maximum Gasteiger partial charge on any atom is 0.358 e. The lowest BCUT2D eigenvalue weighted by molar-refractivity contribution is 0.0593. The zero-order valence-corrected chi connectivity index (χ0v) is 9.15. The predicted molar refractivity (Wildman–Crippen MR) is 56.7 cm³/mol. The van der Waals surface area contributed by atoms with Gasteiger partial charge in [0, 0.05) is 6.54 Å². The van der Waals surface area contributed by atoms with Gasteiger partial charge in [0.25, 0.3) is 0 Å². The van der Waals surface area contributed by atoms with Crippen LogP contribution in [0.25, 0.3) is 0 Å². The molecule has 0 aromatic carbocycles. The van der Waals surface area contributed by atoms with Crippen molar-refractivity contribution in [1.82, 2.24) is 9.97 Å². The highest BCUT2D eigenvalue weighted by molar-refractivity contribution is 5.87. The fourth-order valence-electron chi connectivity index (χ4n) is 0.963. The Hall–Kier alpha value is -1.65. The van der Waals surface area contributed by atoms with Crippen molar-refractivity contribution in [3.05, 3.63) is 18.1 Å². The Morgan fingerprint density at radius 1 is 1.53 bits per heavy atom. The lowest BCUT2D eigenvalue weighted by atomic mass is 10.2. The molecule has 0 aliphatic heterocycles. The molecule has 1 heterocycles. The predicted octanol–water partition coefficient (Wildman–Crippen LogP) is 1.33. The topological polar surface area (TPSA) is 64.1 Å². The Labute approximate surface area is 88.9 Å². The van der Waals surface area contributed by atoms with Crippen molar-refractivity contribution in [1.29, 1.82) is 0 Å². The Balaban J connectivity index is 2.70. The van der Waals surface area contributed by atoms with Crippen LogP contribution in [0.15, 0.2) is 12.4 Å². The van der Waals surface area contributed by atoms with Crippen LogP contribution in [0, 0.1) is 5.92 Å². The largest absolute Gasteiger partial charge is 0.464 e. The number of methoxy groups -OCH3 is 1. The number of aromatic nitrogens is 2. The maximum absolute atomic E-state index is 11.2. The van der Waals surface area contributed by atoms with Crippen LogP contribution in [0.5, 0.6) is 0 Å². The number of ether oxygens (including phenoxy) is 1. The highest BCUT2D eigenvalue weighted by atomic mass is 16.5. The molecule has 0 bridgehead atoms. The first-order valence-corrected chi connectivity index (χ1v) is 4.77. The molecule has 1 N–H and O–H groups in total. The van der Waals surface area contributed by atoms with E-state index in [9.17, 15) is 4.79 Å². The van der Waals surface area contributed by atoms with Crippen molar-refractivity contribution in [2.24, 2.45) is 5.92 Å². The molecule has 5 heteroatoms. The highest BCUT2D eigenvalue weighted by Crippen LogP contribution is 2.04. The van der Waals surface area contributed by atoms with Gasteiger partial charge in [-0.3, -0.25) is 4.98 Å². The van der Waals surface area contributed by atoms with Crippen LogP contribution >= 0.6 is 0 Å². The van der Waals surface area contributed by atoms with Crippen molar-refractivity contribution >= 4 is 11.8 Å². The van der Waals surface area contributed by atoms with Crippen molar-refractivity contribution < 1.29 is 9.53 Å². The summed E-state index contributed by atoms with van der Waals surface area (Å²) in [6.45, 7) is 4.97. The zero-order chi connectivity index (χ0) is 11.3. The molecule has 15 heavy (non-hydrogen) atoms. The monoisotopic (exact) mass is 209 g/mol. The first-order chi connectivity index (χ1) is 7.13. The van der Waals surface area contributed by atoms with Gasteiger partial charge in [0.15, 0.2) is 5.69 Å². The molecule has 1 aromatic rings. The van der Waals surface area contributed by atoms with Gasteiger partial charge in [-0.05, 0) is 5.92 Å². The smallest absolute Gasteiger partial charge is 0.358 e. The minimum Gasteiger partial charge on any atom is -0.464 e. The summed E-state index contributed by atoms with van der Waals surface area (Å²) in [6, 6.07) is 0. The number of nitrogens with zero attached hydrogens (tertiary/aromatic N) is 2. The summed E-state index contributed by atoms with van der Waals surface area (Å²) in [5.41, 5.74) is 0.214. The summed E-state index contributed by atoms with van der Waals surface area (Å²) in [5.74, 6) is 0.621. The van der Waals surface area contributed by atoms with Crippen molar-refractivity contribution in [3.63, 3.8) is 0 Å². The number of carbonyl (C=O) groups excluding carboxylic acids is 1. The maximum atomic E-state index is 11.2. The fraction of sp³-hybridized carbons (Fsp3) is 0.500. The van der Waals surface area contributed by atoms with E-state index >= 15 is 0 Å². The Bertz CT molecular complexity index is 339. The zero-order valence-electron chi connectivity index (χ0n) is 9.15. The second kappa shape index (κ2) is 5.29. The van der Waals surface area contributed by atoms with Crippen molar-refractivity contribution in [3.8, 4) is 0 Å². The molecule has 0 unspecified atom stereocenters. The molecule has 1 rings (SSSR count). The van der Waals surface area contributed by atoms with Crippen LogP contribution in [0.4, 0.5) is 5.82 Å². The number of rotatable bonds is 4. The number of hydrogen-bond acceptors (Lipinski definition) is 5. The molecule has 0 radical (unpaired) electrons. The molecule has 5 nitrogen and oxygen atoms in total. The average molecular weight is 209 g/mol. The summed E-state index contributed by atoms with van der Waals surface area (Å²) in [4.78, 5) is 19.1. The number of nitrogens with one attached hydrogen (secondary N) is 1. The third kappa shape index (κ3) is 3.53. The summed E-state index contributed by atoms with van der Waals surface area (Å²) >= 11 is 0. The average Bonchev–Trinajstić information content (AvgIpc) is 2.25. The third-order valence-corrected chi connectivity index (χ3v) is 1.72. The van der Waals surface area contributed by atoms with E-state index in [-0.39, 0.29) is 5.69 Å². The molecular weight excluding hydrogens is 194 g/mol. The van der Waals surface area contributed by atoms with Crippen molar-refractivity contribution in [2.75, 3.05) is 19.0 Å². The van der Waals surface area contributed by atoms with E-state index in [0.717, 1.165) is 6.54 Å². The highest BCUT2D eigenvalue weighted by Gasteiger charge is 2.08. The van der Waals surface area contributed by atoms with Gasteiger partial charge in [-0.1, -0.05) is 13.8 Å². The fourth-order valence-corrected chi connectivity index (χ4v) is 0.963. The molecule has 1 aromatic heterocycles. The first kappa shape index (κ1) is 11.4. The lowest BCUT2D eigenvalue weighted by Crippen LogP contribution is -2.12. The standard InChI is InChI=1S/C10H15N3O2/c1-7(2)4-12-9-6-11-5-8(13-9)10(14)15-3/h5-7H,4H2,1-3H3,(H,12,13). The quantitative estimate of drug-likeness (QED) is 0.758. The molecule has 0 fully saturated rings. The number of anilines is 1. The Morgan fingerprint density at radius 2 is 2.27 bits per heavy atom. The van der Waals surface area contributed by atoms with Gasteiger partial charge >= 0.3 is 5.97 Å². The normalized spacial score (nSPS) is 10.1. The van der Waals surface area contributed by atoms with Gasteiger partial charge in [0.1, 0.15) is 5.82 Å². The van der Waals surface area contributed by atoms with E-state index in [4.69, 9.17) is 0 Å². The van der Waals surface area contributed by atoms with Crippen LogP contribution in [0.1, 0.15) is 24.3 Å². The number of esters is 1. The van der Waals surface area contributed by atoms with Crippen LogP contribution in [-0.2, 0) is 4.74 Å². The second-order valence-corrected chi connectivity index (χ2v) is 3.56. The molecule has 0 amide bonds. The molecule has 0 saturated carbocycles. The van der Waals surface area contributed by atoms with E-state index in [1.807, 2.05) is 0 Å². The van der Waals surface area contributed by atoms with Gasteiger partial charge < -0.3 is 10.1 Å². The van der Waals surface area contributed by atoms with Gasteiger partial charge in [0.05, 0.1) is 19.5 Å². The third-order valence-electron chi connectivity index (χ3n) is 1.72. The SMILES string of the molecule is COC(=O)c1cncc(NCC(C)C)n1. The van der Waals surface area contributed by atoms with E-state index in [2.05, 4.69) is 33.9 Å². The van der Waals surface area contributed by atoms with Gasteiger partial charge in [0.2, 0.25) is 0 Å². The minimum atomic E-state index is -0.476. The van der Waals surface area contributed by atoms with Gasteiger partial charge in [-0.15, -0.1) is 0 Å². The summed E-state index contributed by atoms with van der Waals surface area (Å²) in [6.07, 6.45) is 2.96. The summed E-state index contributed by atoms with van der Waals surface area (Å²) in [5, 5.41) is 3.08. The van der Waals surface area contributed by atoms with Gasteiger partial charge in [-0.25, -0.2) is 9.78 Å². The molecule has 0 aliphatic rings. The van der Waals surface area contributed by atoms with Gasteiger partial charge in [-0.2, -0.15) is 0 Å². The molecule has 0 atom stereocenters. The van der Waals surface area contributed by atoms with E-state index in [1.165, 1.54) is 13.3 Å². The van der Waals surface area contributed by atoms with Crippen LogP contribution in [0.2, 0.25) is 0 Å². The first-order valence-electron chi connectivity index (χ1n) is 4.77.